The van der Waals surface area contributed by atoms with Gasteiger partial charge in [-0.1, -0.05) is 30.2 Å². The molecule has 0 saturated heterocycles. The van der Waals surface area contributed by atoms with Gasteiger partial charge >= 0.3 is 5.97 Å². The Balaban J connectivity index is 1.43. The second-order valence-electron chi connectivity index (χ2n) is 11.1. The molecule has 35 heavy (non-hydrogen) atoms. The number of esters is 1. The molecular weight excluding hydrogens is 432 g/mol. The molecular formula is C32H32O3. The molecule has 0 radical (unpaired) electrons. The zero-order valence-electron chi connectivity index (χ0n) is 20.6. The van der Waals surface area contributed by atoms with E-state index in [0.717, 1.165) is 39.8 Å². The molecule has 3 heteroatoms. The third-order valence-corrected chi connectivity index (χ3v) is 8.93. The lowest BCUT2D eigenvalue weighted by Gasteiger charge is -2.57. The lowest BCUT2D eigenvalue weighted by atomic mass is 9.48. The Bertz CT molecular complexity index is 1320. The van der Waals surface area contributed by atoms with Crippen molar-refractivity contribution in [3.63, 3.8) is 0 Å². The summed E-state index contributed by atoms with van der Waals surface area (Å²) in [6.07, 6.45) is 13.6. The first kappa shape index (κ1) is 22.2. The Hall–Kier alpha value is -3.25. The van der Waals surface area contributed by atoms with Gasteiger partial charge in [-0.25, -0.2) is 4.79 Å². The van der Waals surface area contributed by atoms with E-state index in [9.17, 15) is 4.79 Å². The number of aryl methyl sites for hydroxylation is 1. The van der Waals surface area contributed by atoms with Crippen LogP contribution in [-0.4, -0.2) is 19.7 Å². The molecule has 3 nitrogen and oxygen atoms in total. The minimum atomic E-state index is -0.295. The van der Waals surface area contributed by atoms with E-state index in [4.69, 9.17) is 15.9 Å². The average Bonchev–Trinajstić information content (AvgIpc) is 2.86. The minimum absolute atomic E-state index is 0.220. The van der Waals surface area contributed by atoms with Crippen molar-refractivity contribution in [1.82, 2.24) is 0 Å². The Morgan fingerprint density at radius 1 is 0.971 bits per heavy atom. The van der Waals surface area contributed by atoms with Crippen LogP contribution < -0.4 is 4.74 Å². The van der Waals surface area contributed by atoms with Crippen LogP contribution in [0.25, 0.3) is 21.9 Å². The van der Waals surface area contributed by atoms with Crippen LogP contribution in [0, 0.1) is 37.0 Å². The van der Waals surface area contributed by atoms with Crippen LogP contribution in [0.3, 0.4) is 0 Å². The van der Waals surface area contributed by atoms with E-state index in [1.165, 1.54) is 62.3 Å². The molecule has 178 valence electrons. The van der Waals surface area contributed by atoms with Crippen LogP contribution in [0.5, 0.6) is 5.75 Å². The number of hydrogen-bond donors (Lipinski definition) is 0. The Morgan fingerprint density at radius 2 is 1.63 bits per heavy atom. The largest absolute Gasteiger partial charge is 0.481 e. The van der Waals surface area contributed by atoms with Gasteiger partial charge in [0.15, 0.2) is 0 Å². The standard InChI is InChI=1S/C32H32O3/c1-4-11-35-30-10-7-25(16-29(30)32-17-21-12-22(18-32)14-23(13-21)19-32)24-5-8-27-20(2)28(31(33)34-3)9-6-26(27)15-24/h1,5-10,15-16,21-23H,11-14,17-19H2,2-3H3. The molecule has 0 amide bonds. The highest BCUT2D eigenvalue weighted by molar-refractivity contribution is 5.99. The van der Waals surface area contributed by atoms with Crippen molar-refractivity contribution >= 4 is 16.7 Å². The Kier molecular flexibility index (Phi) is 5.37. The van der Waals surface area contributed by atoms with Crippen LogP contribution in [-0.2, 0) is 10.2 Å². The number of carbonyl (C=O) groups excluding carboxylic acids is 1. The van der Waals surface area contributed by atoms with E-state index in [2.05, 4.69) is 42.3 Å². The molecule has 4 aliphatic carbocycles. The molecule has 0 aliphatic heterocycles. The highest BCUT2D eigenvalue weighted by atomic mass is 16.5. The second-order valence-corrected chi connectivity index (χ2v) is 11.1. The molecule has 3 aromatic carbocycles. The van der Waals surface area contributed by atoms with Crippen molar-refractivity contribution in [2.24, 2.45) is 17.8 Å². The van der Waals surface area contributed by atoms with Gasteiger partial charge in [-0.15, -0.1) is 6.42 Å². The Labute approximate surface area is 207 Å². The van der Waals surface area contributed by atoms with Gasteiger partial charge in [-0.05, 0) is 120 Å². The van der Waals surface area contributed by atoms with Gasteiger partial charge in [0, 0.05) is 5.56 Å². The molecule has 4 fully saturated rings. The maximum Gasteiger partial charge on any atom is 0.338 e. The summed E-state index contributed by atoms with van der Waals surface area (Å²) in [4.78, 5) is 12.1. The topological polar surface area (TPSA) is 35.5 Å². The molecule has 4 bridgehead atoms. The van der Waals surface area contributed by atoms with Crippen molar-refractivity contribution < 1.29 is 14.3 Å². The highest BCUT2D eigenvalue weighted by Crippen LogP contribution is 2.62. The summed E-state index contributed by atoms with van der Waals surface area (Å²) in [5.41, 5.74) is 5.54. The maximum absolute atomic E-state index is 12.1. The smallest absolute Gasteiger partial charge is 0.338 e. The van der Waals surface area contributed by atoms with E-state index in [1.54, 1.807) is 0 Å². The fourth-order valence-electron chi connectivity index (χ4n) is 7.81. The minimum Gasteiger partial charge on any atom is -0.481 e. The number of fused-ring (bicyclic) bond motifs is 1. The monoisotopic (exact) mass is 464 g/mol. The number of methoxy groups -OCH3 is 1. The number of benzene rings is 3. The SMILES string of the molecule is C#CCOc1ccc(-c2ccc3c(C)c(C(=O)OC)ccc3c2)cc1C12CC3CC(CC(C3)C1)C2. The maximum atomic E-state index is 12.1. The van der Waals surface area contributed by atoms with Crippen molar-refractivity contribution in [3.8, 4) is 29.2 Å². The summed E-state index contributed by atoms with van der Waals surface area (Å²) in [6, 6.07) is 17.1. The molecule has 4 aliphatic rings. The summed E-state index contributed by atoms with van der Waals surface area (Å²) < 4.78 is 11.1. The molecule has 0 aromatic heterocycles. The van der Waals surface area contributed by atoms with E-state index >= 15 is 0 Å². The summed E-state index contributed by atoms with van der Waals surface area (Å²) in [5, 5.41) is 2.20. The van der Waals surface area contributed by atoms with Gasteiger partial charge in [-0.3, -0.25) is 0 Å². The van der Waals surface area contributed by atoms with Crippen LogP contribution >= 0.6 is 0 Å². The summed E-state index contributed by atoms with van der Waals surface area (Å²) in [6.45, 7) is 2.29. The van der Waals surface area contributed by atoms with Gasteiger partial charge in [0.05, 0.1) is 12.7 Å². The third-order valence-electron chi connectivity index (χ3n) is 8.93. The van der Waals surface area contributed by atoms with Gasteiger partial charge in [-0.2, -0.15) is 0 Å². The summed E-state index contributed by atoms with van der Waals surface area (Å²) in [5.74, 6) is 5.90. The van der Waals surface area contributed by atoms with Crippen molar-refractivity contribution in [2.45, 2.75) is 50.9 Å². The third kappa shape index (κ3) is 3.71. The van der Waals surface area contributed by atoms with Crippen LogP contribution in [0.4, 0.5) is 0 Å². The molecule has 0 atom stereocenters. The molecule has 0 N–H and O–H groups in total. The van der Waals surface area contributed by atoms with E-state index in [-0.39, 0.29) is 11.4 Å². The van der Waals surface area contributed by atoms with E-state index in [1.807, 2.05) is 19.1 Å². The number of terminal acetylenes is 1. The first-order valence-corrected chi connectivity index (χ1v) is 12.8. The summed E-state index contributed by atoms with van der Waals surface area (Å²) >= 11 is 0. The molecule has 7 rings (SSSR count). The molecule has 4 saturated carbocycles. The summed E-state index contributed by atoms with van der Waals surface area (Å²) in [7, 11) is 1.42. The number of ether oxygens (including phenoxy) is 2. The zero-order chi connectivity index (χ0) is 24.2. The quantitative estimate of drug-likeness (QED) is 0.299. The number of carbonyl (C=O) groups is 1. The fraction of sp³-hybridized carbons (Fsp3) is 0.406. The first-order valence-electron chi connectivity index (χ1n) is 12.8. The lowest BCUT2D eigenvalue weighted by molar-refractivity contribution is -0.00624. The normalized spacial score (nSPS) is 26.5. The van der Waals surface area contributed by atoms with Crippen molar-refractivity contribution in [1.29, 1.82) is 0 Å². The predicted molar refractivity (Wildman–Crippen MR) is 140 cm³/mol. The highest BCUT2D eigenvalue weighted by Gasteiger charge is 2.52. The van der Waals surface area contributed by atoms with Crippen LogP contribution in [0.1, 0.15) is 60.0 Å². The zero-order valence-corrected chi connectivity index (χ0v) is 20.6. The van der Waals surface area contributed by atoms with Gasteiger partial charge in [0.25, 0.3) is 0 Å². The number of rotatable bonds is 5. The fourth-order valence-corrected chi connectivity index (χ4v) is 7.81. The van der Waals surface area contributed by atoms with Crippen LogP contribution in [0.2, 0.25) is 0 Å². The molecule has 0 heterocycles. The molecule has 3 aromatic rings. The Morgan fingerprint density at radius 3 is 2.29 bits per heavy atom. The second kappa shape index (κ2) is 8.45. The van der Waals surface area contributed by atoms with E-state index < -0.39 is 0 Å². The first-order chi connectivity index (χ1) is 17.0. The molecule has 0 spiro atoms. The number of hydrogen-bond acceptors (Lipinski definition) is 3. The average molecular weight is 465 g/mol. The van der Waals surface area contributed by atoms with Gasteiger partial charge in [0.1, 0.15) is 12.4 Å². The lowest BCUT2D eigenvalue weighted by Crippen LogP contribution is -2.48. The molecule has 0 unspecified atom stereocenters. The van der Waals surface area contributed by atoms with Crippen molar-refractivity contribution in [3.05, 3.63) is 65.2 Å². The van der Waals surface area contributed by atoms with Crippen molar-refractivity contribution in [2.75, 3.05) is 13.7 Å². The van der Waals surface area contributed by atoms with Crippen LogP contribution in [0.15, 0.2) is 48.5 Å². The van der Waals surface area contributed by atoms with Gasteiger partial charge < -0.3 is 9.47 Å². The van der Waals surface area contributed by atoms with Gasteiger partial charge in [0.2, 0.25) is 0 Å². The predicted octanol–water partition coefficient (Wildman–Crippen LogP) is 7.08. The van der Waals surface area contributed by atoms with E-state index in [0.29, 0.717) is 12.2 Å².